The molecule has 0 fully saturated rings. The Morgan fingerprint density at radius 2 is 1.95 bits per heavy atom. The van der Waals surface area contributed by atoms with E-state index in [4.69, 9.17) is 4.74 Å². The second-order valence-corrected chi connectivity index (χ2v) is 6.68. The third kappa shape index (κ3) is 6.50. The van der Waals surface area contributed by atoms with Gasteiger partial charge >= 0.3 is 5.97 Å². The van der Waals surface area contributed by atoms with Gasteiger partial charge in [0.1, 0.15) is 0 Å². The molecule has 0 saturated carbocycles. The average Bonchev–Trinajstić information content (AvgIpc) is 2.84. The highest BCUT2D eigenvalue weighted by Crippen LogP contribution is 2.31. The molecular formula is C19H32O2. The lowest BCUT2D eigenvalue weighted by molar-refractivity contribution is -0.137. The zero-order valence-corrected chi connectivity index (χ0v) is 14.4. The van der Waals surface area contributed by atoms with Crippen LogP contribution in [-0.2, 0) is 9.53 Å². The van der Waals surface area contributed by atoms with Crippen LogP contribution in [0.2, 0.25) is 0 Å². The van der Waals surface area contributed by atoms with Gasteiger partial charge in [-0.25, -0.2) is 4.79 Å². The molecule has 0 aliphatic heterocycles. The SMILES string of the molecule is CCOC(=O)/C=C1/C=C(CC(C)CC(C)C(C)CC)CC1. The molecule has 1 aliphatic rings. The van der Waals surface area contributed by atoms with Crippen molar-refractivity contribution in [3.05, 3.63) is 23.3 Å². The van der Waals surface area contributed by atoms with Crippen LogP contribution in [0.15, 0.2) is 23.3 Å². The zero-order chi connectivity index (χ0) is 15.8. The van der Waals surface area contributed by atoms with Crippen molar-refractivity contribution in [3.8, 4) is 0 Å². The Morgan fingerprint density at radius 3 is 2.57 bits per heavy atom. The summed E-state index contributed by atoms with van der Waals surface area (Å²) in [5.74, 6) is 2.12. The Balaban J connectivity index is 2.47. The molecular weight excluding hydrogens is 260 g/mol. The van der Waals surface area contributed by atoms with Gasteiger partial charge in [-0.2, -0.15) is 0 Å². The highest BCUT2D eigenvalue weighted by Gasteiger charge is 2.17. The number of allylic oxidation sites excluding steroid dienone is 3. The highest BCUT2D eigenvalue weighted by atomic mass is 16.5. The fourth-order valence-electron chi connectivity index (χ4n) is 3.12. The van der Waals surface area contributed by atoms with Gasteiger partial charge in [0.05, 0.1) is 6.61 Å². The average molecular weight is 292 g/mol. The van der Waals surface area contributed by atoms with E-state index in [1.54, 1.807) is 6.08 Å². The molecule has 0 aromatic carbocycles. The molecule has 0 saturated heterocycles. The van der Waals surface area contributed by atoms with Crippen molar-refractivity contribution in [1.29, 1.82) is 0 Å². The van der Waals surface area contributed by atoms with Crippen molar-refractivity contribution in [2.24, 2.45) is 17.8 Å². The third-order valence-electron chi connectivity index (χ3n) is 4.71. The van der Waals surface area contributed by atoms with Crippen LogP contribution in [-0.4, -0.2) is 12.6 Å². The Hall–Kier alpha value is -1.05. The van der Waals surface area contributed by atoms with E-state index in [-0.39, 0.29) is 5.97 Å². The van der Waals surface area contributed by atoms with Crippen LogP contribution in [0.4, 0.5) is 0 Å². The van der Waals surface area contributed by atoms with Gasteiger partial charge < -0.3 is 4.74 Å². The Morgan fingerprint density at radius 1 is 1.24 bits per heavy atom. The molecule has 0 aromatic rings. The monoisotopic (exact) mass is 292 g/mol. The molecule has 0 spiro atoms. The smallest absolute Gasteiger partial charge is 0.331 e. The first-order chi connectivity index (χ1) is 9.96. The van der Waals surface area contributed by atoms with Gasteiger partial charge in [-0.1, -0.05) is 45.8 Å². The largest absolute Gasteiger partial charge is 0.463 e. The molecule has 0 radical (unpaired) electrons. The van der Waals surface area contributed by atoms with E-state index in [0.717, 1.165) is 36.2 Å². The van der Waals surface area contributed by atoms with Crippen LogP contribution in [0, 0.1) is 17.8 Å². The second-order valence-electron chi connectivity index (χ2n) is 6.68. The van der Waals surface area contributed by atoms with E-state index in [2.05, 4.69) is 33.8 Å². The summed E-state index contributed by atoms with van der Waals surface area (Å²) >= 11 is 0. The zero-order valence-electron chi connectivity index (χ0n) is 14.4. The first-order valence-electron chi connectivity index (χ1n) is 8.52. The van der Waals surface area contributed by atoms with Gasteiger partial charge in [0.25, 0.3) is 0 Å². The summed E-state index contributed by atoms with van der Waals surface area (Å²) in [4.78, 5) is 11.5. The van der Waals surface area contributed by atoms with Crippen LogP contribution < -0.4 is 0 Å². The Kier molecular flexibility index (Phi) is 7.77. The molecule has 0 heterocycles. The predicted octanol–water partition coefficient (Wildman–Crippen LogP) is 5.29. The molecule has 21 heavy (non-hydrogen) atoms. The van der Waals surface area contributed by atoms with Crippen LogP contribution >= 0.6 is 0 Å². The maximum absolute atomic E-state index is 11.5. The first-order valence-corrected chi connectivity index (χ1v) is 8.52. The number of hydrogen-bond acceptors (Lipinski definition) is 2. The van der Waals surface area contributed by atoms with Crippen LogP contribution in [0.1, 0.15) is 66.7 Å². The number of esters is 1. The van der Waals surface area contributed by atoms with Crippen molar-refractivity contribution >= 4 is 5.97 Å². The fraction of sp³-hybridized carbons (Fsp3) is 0.737. The van der Waals surface area contributed by atoms with Crippen LogP contribution in [0.3, 0.4) is 0 Å². The van der Waals surface area contributed by atoms with Crippen molar-refractivity contribution in [2.45, 2.75) is 66.7 Å². The summed E-state index contributed by atoms with van der Waals surface area (Å²) in [6, 6.07) is 0. The summed E-state index contributed by atoms with van der Waals surface area (Å²) in [7, 11) is 0. The van der Waals surface area contributed by atoms with E-state index in [9.17, 15) is 4.79 Å². The van der Waals surface area contributed by atoms with Gasteiger partial charge in [-0.3, -0.25) is 0 Å². The molecule has 120 valence electrons. The topological polar surface area (TPSA) is 26.3 Å². The van der Waals surface area contributed by atoms with Gasteiger partial charge in [0.2, 0.25) is 0 Å². The molecule has 2 nitrogen and oxygen atoms in total. The minimum atomic E-state index is -0.205. The number of rotatable bonds is 8. The molecule has 0 bridgehead atoms. The molecule has 3 atom stereocenters. The minimum Gasteiger partial charge on any atom is -0.463 e. The summed E-state index contributed by atoms with van der Waals surface area (Å²) < 4.78 is 4.97. The van der Waals surface area contributed by atoms with Crippen molar-refractivity contribution in [2.75, 3.05) is 6.61 Å². The quantitative estimate of drug-likeness (QED) is 0.448. The van der Waals surface area contributed by atoms with Crippen LogP contribution in [0.25, 0.3) is 0 Å². The molecule has 1 aliphatic carbocycles. The summed E-state index contributed by atoms with van der Waals surface area (Å²) in [6.45, 7) is 11.6. The van der Waals surface area contributed by atoms with Gasteiger partial charge in [0, 0.05) is 6.08 Å². The number of carbonyl (C=O) groups excluding carboxylic acids is 1. The third-order valence-corrected chi connectivity index (χ3v) is 4.71. The molecule has 0 aromatic heterocycles. The van der Waals surface area contributed by atoms with E-state index < -0.39 is 0 Å². The molecule has 0 N–H and O–H groups in total. The van der Waals surface area contributed by atoms with Crippen molar-refractivity contribution in [1.82, 2.24) is 0 Å². The lowest BCUT2D eigenvalue weighted by Gasteiger charge is -2.22. The van der Waals surface area contributed by atoms with E-state index in [1.807, 2.05) is 6.92 Å². The number of ether oxygens (including phenoxy) is 1. The summed E-state index contributed by atoms with van der Waals surface area (Å²) in [5.41, 5.74) is 2.63. The lowest BCUT2D eigenvalue weighted by atomic mass is 9.84. The van der Waals surface area contributed by atoms with E-state index >= 15 is 0 Å². The van der Waals surface area contributed by atoms with Crippen molar-refractivity contribution in [3.63, 3.8) is 0 Å². The normalized spacial score (nSPS) is 21.0. The maximum Gasteiger partial charge on any atom is 0.331 e. The number of carbonyl (C=O) groups is 1. The summed E-state index contributed by atoms with van der Waals surface area (Å²) in [6.07, 6.45) is 9.69. The Bertz CT molecular complexity index is 392. The lowest BCUT2D eigenvalue weighted by Crippen LogP contribution is -2.11. The standard InChI is InChI=1S/C19H32O2/c1-6-15(4)16(5)10-14(3)11-17-8-9-18(12-17)13-19(20)21-7-2/h12-16H,6-11H2,1-5H3/b18-13+. The molecule has 2 heteroatoms. The second kappa shape index (κ2) is 9.07. The fourth-order valence-corrected chi connectivity index (χ4v) is 3.12. The van der Waals surface area contributed by atoms with Gasteiger partial charge in [-0.05, 0) is 55.9 Å². The molecule has 0 amide bonds. The Labute approximate surface area is 130 Å². The van der Waals surface area contributed by atoms with Gasteiger partial charge in [0.15, 0.2) is 0 Å². The first kappa shape index (κ1) is 18.0. The van der Waals surface area contributed by atoms with E-state index in [0.29, 0.717) is 6.61 Å². The minimum absolute atomic E-state index is 0.205. The van der Waals surface area contributed by atoms with Crippen molar-refractivity contribution < 1.29 is 9.53 Å². The predicted molar refractivity (Wildman–Crippen MR) is 89.1 cm³/mol. The van der Waals surface area contributed by atoms with Crippen LogP contribution in [0.5, 0.6) is 0 Å². The number of hydrogen-bond donors (Lipinski definition) is 0. The maximum atomic E-state index is 11.5. The molecule has 1 rings (SSSR count). The van der Waals surface area contributed by atoms with E-state index in [1.165, 1.54) is 24.8 Å². The highest BCUT2D eigenvalue weighted by molar-refractivity contribution is 5.83. The van der Waals surface area contributed by atoms with Gasteiger partial charge in [-0.15, -0.1) is 0 Å². The molecule has 3 unspecified atom stereocenters. The summed E-state index contributed by atoms with van der Waals surface area (Å²) in [5, 5.41) is 0.